The van der Waals surface area contributed by atoms with Gasteiger partial charge in [0.25, 0.3) is 0 Å². The van der Waals surface area contributed by atoms with Gasteiger partial charge in [-0.1, -0.05) is 59.0 Å². The van der Waals surface area contributed by atoms with Gasteiger partial charge in [-0.15, -0.1) is 11.3 Å². The molecule has 0 saturated heterocycles. The molecule has 0 N–H and O–H groups in total. The van der Waals surface area contributed by atoms with E-state index in [-0.39, 0.29) is 36.2 Å². The van der Waals surface area contributed by atoms with Crippen LogP contribution in [0.15, 0.2) is 10.5 Å². The molecule has 35 heavy (non-hydrogen) atoms. The van der Waals surface area contributed by atoms with Crippen molar-refractivity contribution in [2.45, 2.75) is 84.9 Å². The first kappa shape index (κ1) is 30.8. The summed E-state index contributed by atoms with van der Waals surface area (Å²) in [6, 6.07) is -1.10. The maximum Gasteiger partial charge on any atom is 0.357 e. The van der Waals surface area contributed by atoms with Crippen molar-refractivity contribution in [3.63, 3.8) is 0 Å². The second-order valence-electron chi connectivity index (χ2n) is 8.92. The smallest absolute Gasteiger partial charge is 0.357 e. The van der Waals surface area contributed by atoms with E-state index in [1.54, 1.807) is 17.4 Å². The maximum atomic E-state index is 13.7. The van der Waals surface area contributed by atoms with E-state index in [0.717, 1.165) is 19.3 Å². The number of ether oxygens (including phenoxy) is 3. The maximum absolute atomic E-state index is 13.7. The van der Waals surface area contributed by atoms with Crippen LogP contribution in [-0.4, -0.2) is 61.4 Å². The number of thiazole rings is 1. The fourth-order valence-electron chi connectivity index (χ4n) is 3.71. The molecule has 4 atom stereocenters. The van der Waals surface area contributed by atoms with E-state index in [0.29, 0.717) is 24.5 Å². The van der Waals surface area contributed by atoms with Gasteiger partial charge in [0.1, 0.15) is 23.9 Å². The quantitative estimate of drug-likeness (QED) is 0.0654. The molecule has 0 radical (unpaired) electrons. The Hall–Kier alpha value is -2.20. The molecule has 0 aliphatic heterocycles. The Labute approximate surface area is 213 Å². The number of carbonyl (C=O) groups excluding carboxylic acids is 2. The van der Waals surface area contributed by atoms with Gasteiger partial charge in [-0.3, -0.25) is 4.79 Å². The lowest BCUT2D eigenvalue weighted by Gasteiger charge is -2.38. The molecule has 1 aromatic rings. The minimum atomic E-state index is -0.822. The third-order valence-electron chi connectivity index (χ3n) is 6.12. The van der Waals surface area contributed by atoms with Gasteiger partial charge in [-0.05, 0) is 23.8 Å². The second-order valence-corrected chi connectivity index (χ2v) is 9.81. The number of esters is 1. The molecule has 1 aromatic heterocycles. The Bertz CT molecular complexity index is 827. The standard InChI is InChI=1S/C24H41N5O5S/c1-8-10-11-12-34-15-29(23(30)21(27-28-25)17(5)9-2)19(16(3)4)13-20(32-6)22-26-18(14-35-22)24(31)33-7/h14,16-17,19-21H,8-13,15H2,1-7H3/t17?,19-,20-,21+/m1/s1. The molecule has 11 heteroatoms. The predicted molar refractivity (Wildman–Crippen MR) is 136 cm³/mol. The van der Waals surface area contributed by atoms with Gasteiger partial charge < -0.3 is 19.1 Å². The number of hydrogen-bond acceptors (Lipinski definition) is 8. The molecule has 1 heterocycles. The Morgan fingerprint density at radius 2 is 1.94 bits per heavy atom. The Morgan fingerprint density at radius 1 is 1.23 bits per heavy atom. The summed E-state index contributed by atoms with van der Waals surface area (Å²) in [6.45, 7) is 10.7. The van der Waals surface area contributed by atoms with Gasteiger partial charge in [0, 0.05) is 36.5 Å². The lowest BCUT2D eigenvalue weighted by atomic mass is 9.93. The minimum absolute atomic E-state index is 0.0551. The SMILES string of the molecule is CCCCCOCN(C(=O)[C@@H](N=[N+]=[N-])C(C)CC)[C@H](C[C@@H](OC)c1nc(C(=O)OC)cs1)C(C)C. The molecular formula is C24H41N5O5S. The van der Waals surface area contributed by atoms with E-state index in [1.807, 2.05) is 27.7 Å². The van der Waals surface area contributed by atoms with Crippen molar-refractivity contribution in [2.75, 3.05) is 27.6 Å². The van der Waals surface area contributed by atoms with Crippen molar-refractivity contribution in [2.24, 2.45) is 17.0 Å². The number of nitrogens with zero attached hydrogens (tertiary/aromatic N) is 5. The second kappa shape index (κ2) is 16.5. The molecule has 0 bridgehead atoms. The fraction of sp³-hybridized carbons (Fsp3) is 0.792. The molecule has 0 aliphatic carbocycles. The van der Waals surface area contributed by atoms with Gasteiger partial charge in [-0.25, -0.2) is 9.78 Å². The van der Waals surface area contributed by atoms with Crippen molar-refractivity contribution >= 4 is 23.2 Å². The van der Waals surface area contributed by atoms with E-state index < -0.39 is 18.1 Å². The van der Waals surface area contributed by atoms with E-state index in [4.69, 9.17) is 19.7 Å². The highest BCUT2D eigenvalue weighted by Crippen LogP contribution is 2.31. The number of amides is 1. The van der Waals surface area contributed by atoms with E-state index in [2.05, 4.69) is 21.9 Å². The summed E-state index contributed by atoms with van der Waals surface area (Å²) < 4.78 is 16.4. The number of carbonyl (C=O) groups is 2. The lowest BCUT2D eigenvalue weighted by molar-refractivity contribution is -0.145. The Kier molecular flexibility index (Phi) is 14.5. The highest BCUT2D eigenvalue weighted by atomic mass is 32.1. The molecule has 198 valence electrons. The summed E-state index contributed by atoms with van der Waals surface area (Å²) in [5.74, 6) is -0.825. The van der Waals surface area contributed by atoms with Crippen molar-refractivity contribution < 1.29 is 23.8 Å². The predicted octanol–water partition coefficient (Wildman–Crippen LogP) is 5.75. The average molecular weight is 512 g/mol. The lowest BCUT2D eigenvalue weighted by Crippen LogP contribution is -2.50. The molecular weight excluding hydrogens is 470 g/mol. The molecule has 0 spiro atoms. The molecule has 1 amide bonds. The molecule has 0 fully saturated rings. The molecule has 0 aromatic carbocycles. The summed E-state index contributed by atoms with van der Waals surface area (Å²) in [5.41, 5.74) is 9.35. The van der Waals surface area contributed by atoms with Crippen LogP contribution in [0.4, 0.5) is 0 Å². The van der Waals surface area contributed by atoms with Gasteiger partial charge in [0.15, 0.2) is 5.69 Å². The molecule has 1 rings (SSSR count). The van der Waals surface area contributed by atoms with Gasteiger partial charge >= 0.3 is 5.97 Å². The first-order valence-corrected chi connectivity index (χ1v) is 13.1. The normalized spacial score (nSPS) is 14.6. The van der Waals surface area contributed by atoms with Crippen molar-refractivity contribution in [1.29, 1.82) is 0 Å². The average Bonchev–Trinajstić information content (AvgIpc) is 3.34. The first-order valence-electron chi connectivity index (χ1n) is 12.2. The highest BCUT2D eigenvalue weighted by Gasteiger charge is 2.35. The van der Waals surface area contributed by atoms with Crippen LogP contribution in [-0.2, 0) is 19.0 Å². The third kappa shape index (κ3) is 9.40. The van der Waals surface area contributed by atoms with Crippen LogP contribution in [0.2, 0.25) is 0 Å². The Balaban J connectivity index is 3.25. The molecule has 0 saturated carbocycles. The van der Waals surface area contributed by atoms with Crippen molar-refractivity contribution in [3.8, 4) is 0 Å². The first-order chi connectivity index (χ1) is 16.7. The van der Waals surface area contributed by atoms with E-state index in [9.17, 15) is 9.59 Å². The molecule has 1 unspecified atom stereocenters. The van der Waals surface area contributed by atoms with Crippen LogP contribution < -0.4 is 0 Å². The number of azide groups is 1. The van der Waals surface area contributed by atoms with Crippen LogP contribution in [0.25, 0.3) is 10.4 Å². The van der Waals surface area contributed by atoms with Crippen molar-refractivity contribution in [3.05, 3.63) is 26.5 Å². The van der Waals surface area contributed by atoms with Crippen LogP contribution in [0, 0.1) is 11.8 Å². The van der Waals surface area contributed by atoms with Crippen LogP contribution in [0.5, 0.6) is 0 Å². The fourth-order valence-corrected chi connectivity index (χ4v) is 4.58. The topological polar surface area (TPSA) is 127 Å². The zero-order valence-corrected chi connectivity index (χ0v) is 22.9. The zero-order chi connectivity index (χ0) is 26.4. The van der Waals surface area contributed by atoms with E-state index >= 15 is 0 Å². The summed E-state index contributed by atoms with van der Waals surface area (Å²) in [7, 11) is 2.89. The van der Waals surface area contributed by atoms with Gasteiger partial charge in [0.05, 0.1) is 7.11 Å². The minimum Gasteiger partial charge on any atom is -0.464 e. The van der Waals surface area contributed by atoms with Crippen molar-refractivity contribution in [1.82, 2.24) is 9.88 Å². The summed E-state index contributed by atoms with van der Waals surface area (Å²) in [4.78, 5) is 34.6. The number of rotatable bonds is 17. The Morgan fingerprint density at radius 3 is 2.49 bits per heavy atom. The van der Waals surface area contributed by atoms with Gasteiger partial charge in [-0.2, -0.15) is 0 Å². The molecule has 10 nitrogen and oxygen atoms in total. The highest BCUT2D eigenvalue weighted by molar-refractivity contribution is 7.09. The number of hydrogen-bond donors (Lipinski definition) is 0. The molecule has 0 aliphatic rings. The third-order valence-corrected chi connectivity index (χ3v) is 7.06. The van der Waals surface area contributed by atoms with Crippen LogP contribution >= 0.6 is 11.3 Å². The van der Waals surface area contributed by atoms with E-state index in [1.165, 1.54) is 18.4 Å². The largest absolute Gasteiger partial charge is 0.464 e. The van der Waals surface area contributed by atoms with Gasteiger partial charge in [0.2, 0.25) is 5.91 Å². The number of methoxy groups -OCH3 is 2. The summed E-state index contributed by atoms with van der Waals surface area (Å²) >= 11 is 1.31. The number of unbranched alkanes of at least 4 members (excludes halogenated alkanes) is 2. The number of aromatic nitrogens is 1. The summed E-state index contributed by atoms with van der Waals surface area (Å²) in [6.07, 6.45) is 3.73. The monoisotopic (exact) mass is 511 g/mol. The van der Waals surface area contributed by atoms with Crippen LogP contribution in [0.3, 0.4) is 0 Å². The zero-order valence-electron chi connectivity index (χ0n) is 22.1. The van der Waals surface area contributed by atoms with Crippen LogP contribution in [0.1, 0.15) is 88.3 Å². The summed E-state index contributed by atoms with van der Waals surface area (Å²) in [5, 5.41) is 6.11.